The normalized spacial score (nSPS) is 33.8. The molecule has 1 fully saturated rings. The molecule has 0 radical (unpaired) electrons. The van der Waals surface area contributed by atoms with Crippen LogP contribution in [0.5, 0.6) is 11.5 Å². The van der Waals surface area contributed by atoms with E-state index in [4.69, 9.17) is 18.6 Å². The van der Waals surface area contributed by atoms with Gasteiger partial charge >= 0.3 is 0 Å². The number of benzene rings is 1. The fourth-order valence-electron chi connectivity index (χ4n) is 6.96. The number of ether oxygens (including phenoxy) is 3. The predicted octanol–water partition coefficient (Wildman–Crippen LogP) is 8.33. The second kappa shape index (κ2) is 11.3. The molecule has 6 heteroatoms. The lowest BCUT2D eigenvalue weighted by molar-refractivity contribution is -0.324. The minimum atomic E-state index is -0.817. The van der Waals surface area contributed by atoms with E-state index in [0.717, 1.165) is 31.4 Å². The maximum Gasteiger partial charge on any atom is 0.172 e. The highest BCUT2D eigenvalue weighted by atomic mass is 16.7. The zero-order valence-electron chi connectivity index (χ0n) is 25.5. The van der Waals surface area contributed by atoms with Crippen molar-refractivity contribution in [3.05, 3.63) is 34.6 Å². The molecule has 1 saturated heterocycles. The zero-order valence-corrected chi connectivity index (χ0v) is 25.5. The molecular formula is C33H48O6. The summed E-state index contributed by atoms with van der Waals surface area (Å²) in [6, 6.07) is 1.95. The van der Waals surface area contributed by atoms with Gasteiger partial charge in [-0.15, -0.1) is 0 Å². The SMILES string of the molecule is COc1c(O)c2c3cc(oc3c1C)[C@@H](C)C[C@H](C)C/C(C)=C/[C@@H](C)CC[C@H]1OC(C)(C)O[C@@H]([C@H]1C)[C@@H](C)C2=O. The second-order valence-corrected chi connectivity index (χ2v) is 12.9. The number of methoxy groups -OCH3 is 1. The number of phenols is 1. The molecule has 0 unspecified atom stereocenters. The number of fused-ring (bicyclic) bond motifs is 3. The van der Waals surface area contributed by atoms with E-state index in [0.29, 0.717) is 28.4 Å². The number of hydrogen-bond acceptors (Lipinski definition) is 6. The van der Waals surface area contributed by atoms with Gasteiger partial charge in [-0.3, -0.25) is 4.79 Å². The summed E-state index contributed by atoms with van der Waals surface area (Å²) in [5, 5.41) is 12.0. The molecule has 1 aromatic heterocycles. The van der Waals surface area contributed by atoms with Gasteiger partial charge in [0.05, 0.1) is 24.9 Å². The van der Waals surface area contributed by atoms with Crippen molar-refractivity contribution in [2.24, 2.45) is 23.7 Å². The standard InChI is InChI=1S/C33H48O6/c1-17-11-12-25-21(5)30(39-33(8,9)38-25)22(6)28(34)27-24-16-26(20(4)15-19(3)14-18(2)13-17)37-31(24)23(7)32(36-10)29(27)35/h13,16-17,19-22,25,30,35H,11-12,14-15H2,1-10H3/b18-13+/t17-,19+,20-,21-,22-,25+,30-/m0/s1. The van der Waals surface area contributed by atoms with Crippen LogP contribution in [0.25, 0.3) is 11.0 Å². The number of allylic oxidation sites excluding steroid dienone is 2. The van der Waals surface area contributed by atoms with Gasteiger partial charge in [0.15, 0.2) is 23.1 Å². The molecular weight excluding hydrogens is 492 g/mol. The molecule has 0 saturated carbocycles. The van der Waals surface area contributed by atoms with Crippen LogP contribution < -0.4 is 4.74 Å². The quantitative estimate of drug-likeness (QED) is 0.366. The number of carbonyl (C=O) groups excluding carboxylic acids is 1. The number of aromatic hydroxyl groups is 1. The number of rotatable bonds is 1. The van der Waals surface area contributed by atoms with Crippen molar-refractivity contribution in [1.82, 2.24) is 0 Å². The van der Waals surface area contributed by atoms with E-state index in [9.17, 15) is 9.90 Å². The summed E-state index contributed by atoms with van der Waals surface area (Å²) < 4.78 is 24.8. The van der Waals surface area contributed by atoms with Crippen LogP contribution in [0.3, 0.4) is 0 Å². The molecule has 2 heterocycles. The highest BCUT2D eigenvalue weighted by Gasteiger charge is 2.45. The van der Waals surface area contributed by atoms with Crippen molar-refractivity contribution in [1.29, 1.82) is 0 Å². The topological polar surface area (TPSA) is 78.1 Å². The monoisotopic (exact) mass is 540 g/mol. The summed E-state index contributed by atoms with van der Waals surface area (Å²) >= 11 is 0. The Bertz CT molecular complexity index is 1240. The zero-order chi connectivity index (χ0) is 28.8. The molecule has 1 N–H and O–H groups in total. The van der Waals surface area contributed by atoms with Crippen LogP contribution >= 0.6 is 0 Å². The molecule has 1 aliphatic carbocycles. The van der Waals surface area contributed by atoms with E-state index < -0.39 is 11.7 Å². The minimum absolute atomic E-state index is 0.00179. The van der Waals surface area contributed by atoms with Gasteiger partial charge in [0.25, 0.3) is 0 Å². The highest BCUT2D eigenvalue weighted by Crippen LogP contribution is 2.46. The molecule has 39 heavy (non-hydrogen) atoms. The van der Waals surface area contributed by atoms with Gasteiger partial charge in [-0.1, -0.05) is 46.3 Å². The molecule has 0 spiro atoms. The number of hydrogen-bond donors (Lipinski definition) is 1. The predicted molar refractivity (Wildman–Crippen MR) is 155 cm³/mol. The van der Waals surface area contributed by atoms with E-state index in [-0.39, 0.29) is 46.9 Å². The summed E-state index contributed by atoms with van der Waals surface area (Å²) in [4.78, 5) is 14.3. The van der Waals surface area contributed by atoms with E-state index in [1.165, 1.54) is 12.7 Å². The molecule has 4 rings (SSSR count). The number of phenolic OH excluding ortho intramolecular Hbond substituents is 1. The van der Waals surface area contributed by atoms with Crippen molar-refractivity contribution < 1.29 is 28.5 Å². The Morgan fingerprint density at radius 1 is 1.05 bits per heavy atom. The molecule has 6 nitrogen and oxygen atoms in total. The lowest BCUT2D eigenvalue weighted by Gasteiger charge is -2.47. The second-order valence-electron chi connectivity index (χ2n) is 12.9. The van der Waals surface area contributed by atoms with Crippen molar-refractivity contribution in [3.63, 3.8) is 0 Å². The third kappa shape index (κ3) is 5.92. The Kier molecular flexibility index (Phi) is 8.58. The van der Waals surface area contributed by atoms with E-state index in [1.807, 2.05) is 33.8 Å². The molecule has 7 atom stereocenters. The van der Waals surface area contributed by atoms with Gasteiger partial charge in [0.2, 0.25) is 0 Å². The maximum absolute atomic E-state index is 14.3. The average Bonchev–Trinajstić information content (AvgIpc) is 3.29. The number of furan rings is 1. The summed E-state index contributed by atoms with van der Waals surface area (Å²) in [6.07, 6.45) is 5.89. The summed E-state index contributed by atoms with van der Waals surface area (Å²) in [6.45, 7) is 18.7. The first-order valence-electron chi connectivity index (χ1n) is 14.6. The lowest BCUT2D eigenvalue weighted by atomic mass is 9.80. The summed E-state index contributed by atoms with van der Waals surface area (Å²) in [5.74, 6) is 0.526. The van der Waals surface area contributed by atoms with Crippen molar-refractivity contribution in [2.45, 2.75) is 112 Å². The van der Waals surface area contributed by atoms with Gasteiger partial charge in [-0.05, 0) is 71.3 Å². The van der Waals surface area contributed by atoms with Gasteiger partial charge in [0, 0.05) is 28.7 Å². The first-order chi connectivity index (χ1) is 18.2. The van der Waals surface area contributed by atoms with Crippen LogP contribution in [0.2, 0.25) is 0 Å². The first kappa shape index (κ1) is 29.7. The molecule has 2 aromatic rings. The van der Waals surface area contributed by atoms with Crippen molar-refractivity contribution in [2.75, 3.05) is 7.11 Å². The Labute approximate surface area is 234 Å². The average molecular weight is 541 g/mol. The van der Waals surface area contributed by atoms with Gasteiger partial charge in [-0.2, -0.15) is 0 Å². The Morgan fingerprint density at radius 2 is 1.74 bits per heavy atom. The summed E-state index contributed by atoms with van der Waals surface area (Å²) in [7, 11) is 1.51. The molecule has 216 valence electrons. The van der Waals surface area contributed by atoms with Crippen LogP contribution in [0, 0.1) is 30.6 Å². The number of carbonyl (C=O) groups is 1. The van der Waals surface area contributed by atoms with E-state index in [2.05, 4.69) is 40.7 Å². The largest absolute Gasteiger partial charge is 0.504 e. The minimum Gasteiger partial charge on any atom is -0.504 e. The Morgan fingerprint density at radius 3 is 2.41 bits per heavy atom. The molecule has 1 aromatic carbocycles. The van der Waals surface area contributed by atoms with Gasteiger partial charge < -0.3 is 23.7 Å². The van der Waals surface area contributed by atoms with Crippen LogP contribution in [0.15, 0.2) is 22.1 Å². The number of aryl methyl sites for hydroxylation is 1. The third-order valence-corrected chi connectivity index (χ3v) is 8.86. The van der Waals surface area contributed by atoms with E-state index >= 15 is 0 Å². The first-order valence-corrected chi connectivity index (χ1v) is 14.6. The highest BCUT2D eigenvalue weighted by molar-refractivity contribution is 6.12. The van der Waals surface area contributed by atoms with Gasteiger partial charge in [0.1, 0.15) is 11.3 Å². The summed E-state index contributed by atoms with van der Waals surface area (Å²) in [5.41, 5.74) is 2.95. The van der Waals surface area contributed by atoms with Gasteiger partial charge in [-0.25, -0.2) is 0 Å². The fourth-order valence-corrected chi connectivity index (χ4v) is 6.96. The van der Waals surface area contributed by atoms with Crippen LogP contribution in [-0.2, 0) is 9.47 Å². The third-order valence-electron chi connectivity index (χ3n) is 8.86. The van der Waals surface area contributed by atoms with Crippen LogP contribution in [-0.4, -0.2) is 36.0 Å². The lowest BCUT2D eigenvalue weighted by Crippen LogP contribution is -2.53. The smallest absolute Gasteiger partial charge is 0.172 e. The molecule has 1 aliphatic heterocycles. The molecule has 0 amide bonds. The fraction of sp³-hybridized carbons (Fsp3) is 0.667. The molecule has 2 aliphatic rings. The Hall–Kier alpha value is -2.31. The van der Waals surface area contributed by atoms with Crippen LogP contribution in [0.4, 0.5) is 0 Å². The number of Topliss-reactive ketones (excluding diaryl/α,β-unsaturated/α-hetero) is 1. The van der Waals surface area contributed by atoms with Crippen molar-refractivity contribution in [3.8, 4) is 11.5 Å². The van der Waals surface area contributed by atoms with E-state index in [1.54, 1.807) is 0 Å². The number of ketones is 1. The maximum atomic E-state index is 14.3. The molecule has 4 bridgehead atoms. The van der Waals surface area contributed by atoms with Crippen molar-refractivity contribution >= 4 is 16.8 Å². The Balaban J connectivity index is 1.87. The van der Waals surface area contributed by atoms with Crippen LogP contribution in [0.1, 0.15) is 109 Å².